The molecule has 5 rings (SSSR count). The molecule has 8 heteroatoms. The van der Waals surface area contributed by atoms with Crippen molar-refractivity contribution in [2.24, 2.45) is 11.8 Å². The number of likely N-dealkylation sites (tertiary alicyclic amines) is 1. The van der Waals surface area contributed by atoms with Crippen molar-refractivity contribution in [2.45, 2.75) is 67.2 Å². The molecule has 2 aromatic rings. The van der Waals surface area contributed by atoms with Gasteiger partial charge in [0.2, 0.25) is 11.8 Å². The second-order valence-corrected chi connectivity index (χ2v) is 13.4. The van der Waals surface area contributed by atoms with Crippen LogP contribution >= 0.6 is 11.8 Å². The summed E-state index contributed by atoms with van der Waals surface area (Å²) in [4.78, 5) is 46.2. The lowest BCUT2D eigenvalue weighted by Gasteiger charge is -2.39. The van der Waals surface area contributed by atoms with E-state index in [-0.39, 0.29) is 29.6 Å². The molecule has 0 saturated carbocycles. The van der Waals surface area contributed by atoms with E-state index in [9.17, 15) is 19.5 Å². The van der Waals surface area contributed by atoms with Crippen molar-refractivity contribution in [3.8, 4) is 0 Å². The lowest BCUT2D eigenvalue weighted by molar-refractivity contribution is -0.154. The Morgan fingerprint density at radius 2 is 1.77 bits per heavy atom. The quantitative estimate of drug-likeness (QED) is 0.179. The Labute approximate surface area is 259 Å². The summed E-state index contributed by atoms with van der Waals surface area (Å²) in [6, 6.07) is 18.1. The van der Waals surface area contributed by atoms with Gasteiger partial charge in [-0.3, -0.25) is 14.4 Å². The van der Waals surface area contributed by atoms with E-state index in [1.807, 2.05) is 66.7 Å². The maximum atomic E-state index is 14.7. The van der Waals surface area contributed by atoms with Crippen molar-refractivity contribution in [3.63, 3.8) is 0 Å². The standard InChI is InChI=1S/C35H42N2O5S/c1-3-5-6-13-21-42-34(41)29-28-18-19-35(43-28)30(29)32(39)37(27(24-38)22-25-14-9-7-10-15-25)31(35)33(40)36(20-4-2)23-26-16-11-8-12-17-26/h3-4,7-12,14-17,27-31,38H,1-2,5-6,13,18-24H2/t27-,28-,29+,30+,31?,35?/m1/s1. The van der Waals surface area contributed by atoms with E-state index >= 15 is 0 Å². The van der Waals surface area contributed by atoms with Gasteiger partial charge in [0, 0.05) is 18.3 Å². The van der Waals surface area contributed by atoms with E-state index in [0.717, 1.165) is 36.8 Å². The van der Waals surface area contributed by atoms with Gasteiger partial charge in [0.1, 0.15) is 6.04 Å². The predicted molar refractivity (Wildman–Crippen MR) is 169 cm³/mol. The first kappa shape index (κ1) is 31.1. The van der Waals surface area contributed by atoms with E-state index in [0.29, 0.717) is 32.5 Å². The van der Waals surface area contributed by atoms with E-state index < -0.39 is 28.7 Å². The maximum Gasteiger partial charge on any atom is 0.310 e. The molecule has 2 amide bonds. The Hall–Kier alpha value is -3.36. The average Bonchev–Trinajstić information content (AvgIpc) is 3.67. The summed E-state index contributed by atoms with van der Waals surface area (Å²) in [6.45, 7) is 8.35. The number of nitrogens with zero attached hydrogens (tertiary/aromatic N) is 2. The minimum Gasteiger partial charge on any atom is -0.465 e. The van der Waals surface area contributed by atoms with Gasteiger partial charge in [-0.25, -0.2) is 0 Å². The molecule has 1 N–H and O–H groups in total. The molecule has 1 spiro atoms. The Balaban J connectivity index is 1.49. The largest absolute Gasteiger partial charge is 0.465 e. The minimum absolute atomic E-state index is 0.0734. The molecular weight excluding hydrogens is 560 g/mol. The van der Waals surface area contributed by atoms with Crippen LogP contribution in [0.3, 0.4) is 0 Å². The molecule has 0 aromatic heterocycles. The van der Waals surface area contributed by atoms with Gasteiger partial charge in [-0.2, -0.15) is 0 Å². The van der Waals surface area contributed by atoms with Crippen molar-refractivity contribution >= 4 is 29.5 Å². The van der Waals surface area contributed by atoms with E-state index in [4.69, 9.17) is 4.74 Å². The van der Waals surface area contributed by atoms with Gasteiger partial charge >= 0.3 is 5.97 Å². The van der Waals surface area contributed by atoms with Crippen molar-refractivity contribution in [2.75, 3.05) is 19.8 Å². The van der Waals surface area contributed by atoms with Crippen LogP contribution in [0.5, 0.6) is 0 Å². The van der Waals surface area contributed by atoms with Crippen LogP contribution in [-0.4, -0.2) is 74.5 Å². The molecule has 3 saturated heterocycles. The third-order valence-electron chi connectivity index (χ3n) is 9.09. The highest BCUT2D eigenvalue weighted by Gasteiger charge is 2.74. The first-order valence-electron chi connectivity index (χ1n) is 15.3. The Morgan fingerprint density at radius 3 is 2.42 bits per heavy atom. The number of benzene rings is 2. The second kappa shape index (κ2) is 14.0. The number of aliphatic hydroxyl groups is 1. The molecule has 3 fully saturated rings. The SMILES string of the molecule is C=CCCCCOC(=O)[C@@H]1[C@H]2C(=O)N([C@@H](CO)Cc3ccccc3)C(C(=O)N(CC=C)Cc3ccccc3)C23CC[C@H]1S3. The first-order valence-corrected chi connectivity index (χ1v) is 16.2. The average molecular weight is 603 g/mol. The number of carbonyl (C=O) groups excluding carboxylic acids is 3. The first-order chi connectivity index (χ1) is 20.9. The van der Waals surface area contributed by atoms with Crippen LogP contribution in [0, 0.1) is 11.8 Å². The molecule has 228 valence electrons. The van der Waals surface area contributed by atoms with Gasteiger partial charge in [0.05, 0.1) is 35.8 Å². The highest BCUT2D eigenvalue weighted by Crippen LogP contribution is 2.67. The summed E-state index contributed by atoms with van der Waals surface area (Å²) in [6.07, 6.45) is 7.83. The second-order valence-electron chi connectivity index (χ2n) is 11.8. The molecule has 7 nitrogen and oxygen atoms in total. The number of thioether (sulfide) groups is 1. The molecular formula is C35H42N2O5S. The molecule has 2 bridgehead atoms. The molecule has 6 atom stereocenters. The van der Waals surface area contributed by atoms with Crippen molar-refractivity contribution in [3.05, 3.63) is 97.1 Å². The summed E-state index contributed by atoms with van der Waals surface area (Å²) in [7, 11) is 0. The monoisotopic (exact) mass is 602 g/mol. The molecule has 3 aliphatic heterocycles. The highest BCUT2D eigenvalue weighted by molar-refractivity contribution is 8.02. The molecule has 2 aromatic carbocycles. The normalized spacial score (nSPS) is 26.2. The van der Waals surface area contributed by atoms with E-state index in [2.05, 4.69) is 13.2 Å². The number of unbranched alkanes of at least 4 members (excludes halogenated alkanes) is 2. The number of hydrogen-bond donors (Lipinski definition) is 1. The minimum atomic E-state index is -0.810. The van der Waals surface area contributed by atoms with Crippen LogP contribution < -0.4 is 0 Å². The van der Waals surface area contributed by atoms with Gasteiger partial charge in [-0.05, 0) is 49.7 Å². The number of fused-ring (bicyclic) bond motifs is 1. The zero-order valence-corrected chi connectivity index (χ0v) is 25.5. The van der Waals surface area contributed by atoms with Gasteiger partial charge in [0.25, 0.3) is 0 Å². The van der Waals surface area contributed by atoms with Gasteiger partial charge in [0.15, 0.2) is 0 Å². The topological polar surface area (TPSA) is 87.1 Å². The van der Waals surface area contributed by atoms with Crippen LogP contribution in [0.25, 0.3) is 0 Å². The number of rotatable bonds is 15. The van der Waals surface area contributed by atoms with Crippen LogP contribution in [0.1, 0.15) is 43.2 Å². The van der Waals surface area contributed by atoms with Crippen LogP contribution in [0.15, 0.2) is 86.0 Å². The predicted octanol–water partition coefficient (Wildman–Crippen LogP) is 4.80. The fourth-order valence-electron chi connectivity index (χ4n) is 7.19. The Kier molecular flexibility index (Phi) is 10.1. The van der Waals surface area contributed by atoms with Crippen LogP contribution in [-0.2, 0) is 32.1 Å². The van der Waals surface area contributed by atoms with Gasteiger partial charge in [-0.1, -0.05) is 72.8 Å². The van der Waals surface area contributed by atoms with Crippen molar-refractivity contribution in [1.82, 2.24) is 9.80 Å². The molecule has 3 heterocycles. The van der Waals surface area contributed by atoms with E-state index in [1.165, 1.54) is 0 Å². The lowest BCUT2D eigenvalue weighted by atomic mass is 9.71. The number of ether oxygens (including phenoxy) is 1. The van der Waals surface area contributed by atoms with Gasteiger partial charge in [-0.15, -0.1) is 24.9 Å². The number of carbonyl (C=O) groups is 3. The maximum absolute atomic E-state index is 14.7. The summed E-state index contributed by atoms with van der Waals surface area (Å²) < 4.78 is 4.98. The third-order valence-corrected chi connectivity index (χ3v) is 11.0. The summed E-state index contributed by atoms with van der Waals surface area (Å²) in [5.74, 6) is -2.02. The molecule has 0 radical (unpaired) electrons. The lowest BCUT2D eigenvalue weighted by Crippen LogP contribution is -2.57. The zero-order chi connectivity index (χ0) is 30.4. The van der Waals surface area contributed by atoms with Gasteiger partial charge < -0.3 is 19.6 Å². The molecule has 3 aliphatic rings. The number of amides is 2. The third kappa shape index (κ3) is 6.18. The number of allylic oxidation sites excluding steroid dienone is 1. The van der Waals surface area contributed by atoms with Crippen molar-refractivity contribution in [1.29, 1.82) is 0 Å². The van der Waals surface area contributed by atoms with Crippen molar-refractivity contribution < 1.29 is 24.2 Å². The Morgan fingerprint density at radius 1 is 1.07 bits per heavy atom. The summed E-state index contributed by atoms with van der Waals surface area (Å²) >= 11 is 1.62. The van der Waals surface area contributed by atoms with E-state index in [1.54, 1.807) is 27.6 Å². The van der Waals surface area contributed by atoms with Crippen LogP contribution in [0.4, 0.5) is 0 Å². The Bertz CT molecular complexity index is 1300. The smallest absolute Gasteiger partial charge is 0.310 e. The fourth-order valence-corrected chi connectivity index (χ4v) is 9.38. The fraction of sp³-hybridized carbons (Fsp3) is 0.457. The highest BCUT2D eigenvalue weighted by atomic mass is 32.2. The summed E-state index contributed by atoms with van der Waals surface area (Å²) in [5, 5.41) is 10.6. The molecule has 2 unspecified atom stereocenters. The molecule has 43 heavy (non-hydrogen) atoms. The number of esters is 1. The number of hydrogen-bond acceptors (Lipinski definition) is 6. The number of aliphatic hydroxyl groups excluding tert-OH is 1. The van der Waals surface area contributed by atoms with Crippen LogP contribution in [0.2, 0.25) is 0 Å². The summed E-state index contributed by atoms with van der Waals surface area (Å²) in [5.41, 5.74) is 1.95. The molecule has 0 aliphatic carbocycles. The zero-order valence-electron chi connectivity index (χ0n) is 24.7.